The van der Waals surface area contributed by atoms with Gasteiger partial charge in [0.1, 0.15) is 11.4 Å². The molecule has 0 aliphatic rings. The van der Waals surface area contributed by atoms with Crippen molar-refractivity contribution in [3.05, 3.63) is 59.7 Å². The second-order valence-corrected chi connectivity index (χ2v) is 7.84. The predicted molar refractivity (Wildman–Crippen MR) is 128 cm³/mol. The maximum absolute atomic E-state index is 8.38. The third-order valence-electron chi connectivity index (χ3n) is 4.91. The maximum atomic E-state index is 8.38. The summed E-state index contributed by atoms with van der Waals surface area (Å²) in [5.74, 6) is 1.29. The van der Waals surface area contributed by atoms with E-state index in [4.69, 9.17) is 19.9 Å². The molecule has 7 nitrogen and oxygen atoms in total. The summed E-state index contributed by atoms with van der Waals surface area (Å²) < 4.78 is 11.1. The van der Waals surface area contributed by atoms with Gasteiger partial charge in [0.25, 0.3) is 0 Å². The molecule has 0 bridgehead atoms. The molecule has 0 saturated carbocycles. The Labute approximate surface area is 189 Å². The van der Waals surface area contributed by atoms with Crippen LogP contribution >= 0.6 is 0 Å². The molecule has 0 saturated heterocycles. The number of methoxy groups -OCH3 is 1. The smallest absolute Gasteiger partial charge is 0.222 e. The average molecular weight is 434 g/mol. The Bertz CT molecular complexity index is 1080. The van der Waals surface area contributed by atoms with Gasteiger partial charge < -0.3 is 20.2 Å². The summed E-state index contributed by atoms with van der Waals surface area (Å²) in [6.45, 7) is 8.38. The normalized spacial score (nSPS) is 10.8. The van der Waals surface area contributed by atoms with Crippen molar-refractivity contribution in [1.82, 2.24) is 15.0 Å². The van der Waals surface area contributed by atoms with Crippen LogP contribution in [0.2, 0.25) is 0 Å². The molecule has 0 aromatic carbocycles. The van der Waals surface area contributed by atoms with Crippen molar-refractivity contribution in [2.45, 2.75) is 46.6 Å². The fourth-order valence-corrected chi connectivity index (χ4v) is 3.48. The number of rotatable bonds is 10. The van der Waals surface area contributed by atoms with Crippen LogP contribution in [0.25, 0.3) is 11.3 Å². The number of anilines is 1. The summed E-state index contributed by atoms with van der Waals surface area (Å²) in [6.07, 6.45) is 6.81. The van der Waals surface area contributed by atoms with Crippen molar-refractivity contribution in [3.63, 3.8) is 0 Å². The first-order valence-corrected chi connectivity index (χ1v) is 10.8. The number of nitrogens with one attached hydrogen (secondary N) is 2. The highest BCUT2D eigenvalue weighted by Crippen LogP contribution is 2.32. The lowest BCUT2D eigenvalue weighted by molar-refractivity contribution is 0.328. The molecule has 3 rings (SSSR count). The van der Waals surface area contributed by atoms with Crippen LogP contribution in [0.3, 0.4) is 0 Å². The van der Waals surface area contributed by atoms with Crippen molar-refractivity contribution in [2.24, 2.45) is 0 Å². The monoisotopic (exact) mass is 433 g/mol. The van der Waals surface area contributed by atoms with Crippen LogP contribution in [-0.4, -0.2) is 40.4 Å². The Kier molecular flexibility index (Phi) is 7.76. The zero-order valence-corrected chi connectivity index (χ0v) is 19.4. The quantitative estimate of drug-likeness (QED) is 0.440. The molecular formula is C25H31N5O2. The second-order valence-electron chi connectivity index (χ2n) is 7.84. The van der Waals surface area contributed by atoms with Gasteiger partial charge in [-0.1, -0.05) is 0 Å². The molecule has 3 aromatic rings. The molecule has 0 radical (unpaired) electrons. The maximum Gasteiger partial charge on any atom is 0.222 e. The van der Waals surface area contributed by atoms with Gasteiger partial charge in [0.2, 0.25) is 5.88 Å². The topological polar surface area (TPSA) is 93.0 Å². The van der Waals surface area contributed by atoms with Gasteiger partial charge in [-0.2, -0.15) is 0 Å². The van der Waals surface area contributed by atoms with E-state index in [2.05, 4.69) is 35.2 Å². The van der Waals surface area contributed by atoms with Gasteiger partial charge in [-0.15, -0.1) is 0 Å². The van der Waals surface area contributed by atoms with E-state index in [0.717, 1.165) is 46.7 Å². The van der Waals surface area contributed by atoms with Crippen molar-refractivity contribution in [2.75, 3.05) is 19.0 Å². The molecule has 0 spiro atoms. The molecule has 0 amide bonds. The van der Waals surface area contributed by atoms with E-state index in [0.29, 0.717) is 23.9 Å². The lowest BCUT2D eigenvalue weighted by Gasteiger charge is -2.20. The summed E-state index contributed by atoms with van der Waals surface area (Å²) in [5.41, 5.74) is 5.67. The second kappa shape index (κ2) is 10.7. The van der Waals surface area contributed by atoms with Crippen LogP contribution in [0.1, 0.15) is 44.5 Å². The summed E-state index contributed by atoms with van der Waals surface area (Å²) >= 11 is 0. The fourth-order valence-electron chi connectivity index (χ4n) is 3.48. The Morgan fingerprint density at radius 2 is 2.00 bits per heavy atom. The summed E-state index contributed by atoms with van der Waals surface area (Å²) in [6, 6.07) is 8.11. The minimum Gasteiger partial charge on any atom is -0.495 e. The highest BCUT2D eigenvalue weighted by atomic mass is 16.5. The minimum absolute atomic E-state index is 0.204. The Hall–Kier alpha value is -3.48. The van der Waals surface area contributed by atoms with Crippen LogP contribution in [0.5, 0.6) is 11.6 Å². The highest BCUT2D eigenvalue weighted by molar-refractivity contribution is 6.01. The molecule has 0 fully saturated rings. The van der Waals surface area contributed by atoms with E-state index < -0.39 is 0 Å². The van der Waals surface area contributed by atoms with Gasteiger partial charge in [-0.3, -0.25) is 4.98 Å². The summed E-state index contributed by atoms with van der Waals surface area (Å²) in [7, 11) is 1.64. The Morgan fingerprint density at radius 3 is 2.69 bits per heavy atom. The first-order chi connectivity index (χ1) is 15.4. The van der Waals surface area contributed by atoms with Crippen molar-refractivity contribution in [1.29, 1.82) is 5.41 Å². The lowest BCUT2D eigenvalue weighted by Crippen LogP contribution is -2.17. The largest absolute Gasteiger partial charge is 0.495 e. The number of aromatic nitrogens is 3. The molecule has 0 aliphatic carbocycles. The third-order valence-corrected chi connectivity index (χ3v) is 4.91. The fraction of sp³-hybridized carbons (Fsp3) is 0.360. The first kappa shape index (κ1) is 23.2. The van der Waals surface area contributed by atoms with E-state index in [1.807, 2.05) is 31.3 Å². The predicted octanol–water partition coefficient (Wildman–Crippen LogP) is 4.94. The average Bonchev–Trinajstić information content (AvgIpc) is 2.78. The lowest BCUT2D eigenvalue weighted by atomic mass is 9.99. The molecule has 3 heterocycles. The van der Waals surface area contributed by atoms with E-state index in [1.54, 1.807) is 26.4 Å². The van der Waals surface area contributed by atoms with E-state index in [-0.39, 0.29) is 6.04 Å². The molecule has 2 N–H and O–H groups in total. The Morgan fingerprint density at radius 1 is 1.19 bits per heavy atom. The van der Waals surface area contributed by atoms with Crippen molar-refractivity contribution >= 4 is 11.4 Å². The zero-order valence-electron chi connectivity index (χ0n) is 19.4. The number of nitrogens with zero attached hydrogens (tertiary/aromatic N) is 3. The molecule has 168 valence electrons. The number of pyridine rings is 3. The van der Waals surface area contributed by atoms with E-state index in [1.165, 1.54) is 0 Å². The van der Waals surface area contributed by atoms with Gasteiger partial charge in [-0.25, -0.2) is 9.97 Å². The number of aryl methyl sites for hydroxylation is 2. The van der Waals surface area contributed by atoms with Crippen molar-refractivity contribution < 1.29 is 9.47 Å². The number of hydrogen-bond acceptors (Lipinski definition) is 7. The molecule has 7 heteroatoms. The molecule has 0 unspecified atom stereocenters. The molecular weight excluding hydrogens is 402 g/mol. The van der Waals surface area contributed by atoms with Crippen molar-refractivity contribution in [3.8, 4) is 22.9 Å². The third kappa shape index (κ3) is 5.60. The van der Waals surface area contributed by atoms with Crippen LogP contribution in [0.4, 0.5) is 5.69 Å². The van der Waals surface area contributed by atoms with Crippen LogP contribution in [0.15, 0.2) is 42.9 Å². The summed E-state index contributed by atoms with van der Waals surface area (Å²) in [5, 5.41) is 11.9. The van der Waals surface area contributed by atoms with Crippen LogP contribution in [0, 0.1) is 5.41 Å². The standard InChI is InChI=1S/C25H31N5O2/c1-6-32-25-21(8-7-11-28-25)22-13-19(10-9-18-12-20(31-5)15-27-14-18)24(29-16(2)3)23(30-22)17(4)26/h7-8,11-16,26,29H,6,9-10H2,1-5H3. The van der Waals surface area contributed by atoms with E-state index >= 15 is 0 Å². The molecule has 0 atom stereocenters. The number of ether oxygens (including phenoxy) is 2. The summed E-state index contributed by atoms with van der Waals surface area (Å²) in [4.78, 5) is 13.5. The minimum atomic E-state index is 0.204. The molecule has 0 aliphatic heterocycles. The molecule has 32 heavy (non-hydrogen) atoms. The van der Waals surface area contributed by atoms with Gasteiger partial charge in [0.05, 0.1) is 42.6 Å². The van der Waals surface area contributed by atoms with Gasteiger partial charge in [0, 0.05) is 18.4 Å². The van der Waals surface area contributed by atoms with Crippen LogP contribution in [-0.2, 0) is 12.8 Å². The first-order valence-electron chi connectivity index (χ1n) is 10.8. The van der Waals surface area contributed by atoms with Gasteiger partial charge in [0.15, 0.2) is 0 Å². The molecule has 3 aromatic heterocycles. The van der Waals surface area contributed by atoms with Gasteiger partial charge >= 0.3 is 0 Å². The van der Waals surface area contributed by atoms with Crippen LogP contribution < -0.4 is 14.8 Å². The zero-order chi connectivity index (χ0) is 23.1. The SMILES string of the molecule is CCOc1ncccc1-c1cc(CCc2cncc(OC)c2)c(NC(C)C)c(C(C)=N)n1. The van der Waals surface area contributed by atoms with Gasteiger partial charge in [-0.05, 0) is 75.9 Å². The van der Waals surface area contributed by atoms with E-state index in [9.17, 15) is 0 Å². The highest BCUT2D eigenvalue weighted by Gasteiger charge is 2.18. The number of hydrogen-bond donors (Lipinski definition) is 2. The Balaban J connectivity index is 2.09.